The third-order valence-electron chi connectivity index (χ3n) is 5.09. The maximum atomic E-state index is 12.6. The van der Waals surface area contributed by atoms with Gasteiger partial charge in [0.05, 0.1) is 11.8 Å². The van der Waals surface area contributed by atoms with E-state index in [1.807, 2.05) is 42.7 Å². The number of halogens is 1. The summed E-state index contributed by atoms with van der Waals surface area (Å²) < 4.78 is 1.91. The van der Waals surface area contributed by atoms with Crippen LogP contribution in [0.3, 0.4) is 0 Å². The number of thioether (sulfide) groups is 1. The maximum Gasteiger partial charge on any atom is 0.251 e. The highest BCUT2D eigenvalue weighted by Gasteiger charge is 2.20. The summed E-state index contributed by atoms with van der Waals surface area (Å²) in [7, 11) is 0. The molecule has 0 aliphatic rings. The SMILES string of the molecule is CCn1c(SCC(=O)Nc2ccccc2C(C)C)nnc1[C@H](C)NC(=O)c1ccc(Cl)cc1. The van der Waals surface area contributed by atoms with Crippen LogP contribution < -0.4 is 10.6 Å². The average Bonchev–Trinajstić information content (AvgIpc) is 3.21. The summed E-state index contributed by atoms with van der Waals surface area (Å²) >= 11 is 7.21. The van der Waals surface area contributed by atoms with Gasteiger partial charge >= 0.3 is 0 Å². The molecule has 2 N–H and O–H groups in total. The van der Waals surface area contributed by atoms with E-state index in [0.29, 0.717) is 34.0 Å². The Balaban J connectivity index is 1.63. The van der Waals surface area contributed by atoms with Crippen molar-refractivity contribution in [2.45, 2.75) is 51.4 Å². The number of anilines is 1. The Kier molecular flexibility index (Phi) is 8.52. The lowest BCUT2D eigenvalue weighted by Crippen LogP contribution is -2.28. The molecule has 0 saturated carbocycles. The third-order valence-corrected chi connectivity index (χ3v) is 6.31. The number of hydrogen-bond donors (Lipinski definition) is 2. The van der Waals surface area contributed by atoms with Crippen LogP contribution in [0.4, 0.5) is 5.69 Å². The molecule has 3 rings (SSSR count). The van der Waals surface area contributed by atoms with E-state index in [2.05, 4.69) is 34.7 Å². The van der Waals surface area contributed by atoms with Crippen molar-refractivity contribution in [3.63, 3.8) is 0 Å². The van der Waals surface area contributed by atoms with Gasteiger partial charge in [-0.15, -0.1) is 10.2 Å². The van der Waals surface area contributed by atoms with Gasteiger partial charge in [-0.25, -0.2) is 0 Å². The minimum Gasteiger partial charge on any atom is -0.342 e. The second-order valence-corrected chi connectivity index (χ2v) is 9.24. The molecule has 0 aliphatic heterocycles. The maximum absolute atomic E-state index is 12.6. The summed E-state index contributed by atoms with van der Waals surface area (Å²) in [5, 5.41) is 15.7. The molecule has 0 bridgehead atoms. The zero-order valence-electron chi connectivity index (χ0n) is 19.1. The largest absolute Gasteiger partial charge is 0.342 e. The van der Waals surface area contributed by atoms with Gasteiger partial charge in [-0.3, -0.25) is 9.59 Å². The highest BCUT2D eigenvalue weighted by Crippen LogP contribution is 2.25. The van der Waals surface area contributed by atoms with Gasteiger partial charge in [0.2, 0.25) is 5.91 Å². The Bertz CT molecular complexity index is 1110. The normalized spacial score (nSPS) is 11.9. The molecule has 1 heterocycles. The summed E-state index contributed by atoms with van der Waals surface area (Å²) in [4.78, 5) is 25.1. The predicted molar refractivity (Wildman–Crippen MR) is 133 cm³/mol. The molecule has 0 aliphatic carbocycles. The first-order chi connectivity index (χ1) is 15.8. The second-order valence-electron chi connectivity index (χ2n) is 7.87. The summed E-state index contributed by atoms with van der Waals surface area (Å²) in [6.07, 6.45) is 0. The summed E-state index contributed by atoms with van der Waals surface area (Å²) in [5.74, 6) is 0.819. The van der Waals surface area contributed by atoms with Gasteiger partial charge in [0, 0.05) is 22.8 Å². The smallest absolute Gasteiger partial charge is 0.251 e. The van der Waals surface area contributed by atoms with Crippen LogP contribution in [0, 0.1) is 0 Å². The molecule has 0 fully saturated rings. The third kappa shape index (κ3) is 6.36. The van der Waals surface area contributed by atoms with Gasteiger partial charge < -0.3 is 15.2 Å². The molecule has 2 amide bonds. The molecular formula is C24H28ClN5O2S. The number of nitrogens with zero attached hydrogens (tertiary/aromatic N) is 3. The fourth-order valence-electron chi connectivity index (χ4n) is 3.40. The van der Waals surface area contributed by atoms with Crippen molar-refractivity contribution in [1.82, 2.24) is 20.1 Å². The van der Waals surface area contributed by atoms with Crippen LogP contribution in [-0.2, 0) is 11.3 Å². The number of benzene rings is 2. The van der Waals surface area contributed by atoms with Gasteiger partial charge in [0.1, 0.15) is 0 Å². The Labute approximate surface area is 203 Å². The van der Waals surface area contributed by atoms with E-state index in [4.69, 9.17) is 11.6 Å². The lowest BCUT2D eigenvalue weighted by Gasteiger charge is -2.15. The van der Waals surface area contributed by atoms with Crippen molar-refractivity contribution < 1.29 is 9.59 Å². The van der Waals surface area contributed by atoms with E-state index < -0.39 is 0 Å². The number of amides is 2. The van der Waals surface area contributed by atoms with E-state index >= 15 is 0 Å². The number of rotatable bonds is 9. The minimum absolute atomic E-state index is 0.107. The van der Waals surface area contributed by atoms with Crippen molar-refractivity contribution in [3.8, 4) is 0 Å². The van der Waals surface area contributed by atoms with Gasteiger partial charge in [-0.05, 0) is 55.7 Å². The fraction of sp³-hybridized carbons (Fsp3) is 0.333. The van der Waals surface area contributed by atoms with Crippen LogP contribution >= 0.6 is 23.4 Å². The first kappa shape index (κ1) is 24.8. The van der Waals surface area contributed by atoms with Crippen molar-refractivity contribution >= 4 is 40.9 Å². The first-order valence-corrected chi connectivity index (χ1v) is 12.2. The lowest BCUT2D eigenvalue weighted by molar-refractivity contribution is -0.113. The zero-order valence-corrected chi connectivity index (χ0v) is 20.7. The second kappa shape index (κ2) is 11.3. The van der Waals surface area contributed by atoms with E-state index in [0.717, 1.165) is 11.3 Å². The Hall–Kier alpha value is -2.84. The topological polar surface area (TPSA) is 88.9 Å². The molecule has 9 heteroatoms. The van der Waals surface area contributed by atoms with E-state index in [9.17, 15) is 9.59 Å². The van der Waals surface area contributed by atoms with E-state index in [-0.39, 0.29) is 23.6 Å². The van der Waals surface area contributed by atoms with Gasteiger partial charge in [0.25, 0.3) is 5.91 Å². The summed E-state index contributed by atoms with van der Waals surface area (Å²) in [6, 6.07) is 14.2. The van der Waals surface area contributed by atoms with Crippen molar-refractivity contribution in [3.05, 3.63) is 70.5 Å². The van der Waals surface area contributed by atoms with Crippen molar-refractivity contribution in [2.75, 3.05) is 11.1 Å². The molecule has 33 heavy (non-hydrogen) atoms. The van der Waals surface area contributed by atoms with Gasteiger partial charge in [0.15, 0.2) is 11.0 Å². The summed E-state index contributed by atoms with van der Waals surface area (Å²) in [6.45, 7) is 8.64. The van der Waals surface area contributed by atoms with Crippen molar-refractivity contribution in [2.24, 2.45) is 0 Å². The van der Waals surface area contributed by atoms with Crippen molar-refractivity contribution in [1.29, 1.82) is 0 Å². The molecule has 2 aromatic carbocycles. The monoisotopic (exact) mass is 485 g/mol. The van der Waals surface area contributed by atoms with Crippen LogP contribution in [0.15, 0.2) is 53.7 Å². The quantitative estimate of drug-likeness (QED) is 0.401. The molecule has 0 radical (unpaired) electrons. The Morgan fingerprint density at radius 2 is 1.76 bits per heavy atom. The molecule has 1 aromatic heterocycles. The minimum atomic E-state index is -0.360. The molecule has 0 unspecified atom stereocenters. The highest BCUT2D eigenvalue weighted by molar-refractivity contribution is 7.99. The number of carbonyl (C=O) groups excluding carboxylic acids is 2. The zero-order chi connectivity index (χ0) is 24.0. The van der Waals surface area contributed by atoms with E-state index in [1.54, 1.807) is 24.3 Å². The van der Waals surface area contributed by atoms with Crippen LogP contribution in [0.25, 0.3) is 0 Å². The fourth-order valence-corrected chi connectivity index (χ4v) is 4.34. The van der Waals surface area contributed by atoms with Crippen LogP contribution in [0.2, 0.25) is 5.02 Å². The average molecular weight is 486 g/mol. The molecule has 0 saturated heterocycles. The molecule has 7 nitrogen and oxygen atoms in total. The lowest BCUT2D eigenvalue weighted by atomic mass is 10.0. The number of aromatic nitrogens is 3. The molecule has 0 spiro atoms. The highest BCUT2D eigenvalue weighted by atomic mass is 35.5. The van der Waals surface area contributed by atoms with Crippen LogP contribution in [0.1, 0.15) is 61.4 Å². The van der Waals surface area contributed by atoms with Crippen LogP contribution in [-0.4, -0.2) is 32.3 Å². The van der Waals surface area contributed by atoms with Crippen LogP contribution in [0.5, 0.6) is 0 Å². The number of nitrogens with one attached hydrogen (secondary N) is 2. The number of para-hydroxylation sites is 1. The van der Waals surface area contributed by atoms with Gasteiger partial charge in [-0.1, -0.05) is 55.4 Å². The molecular weight excluding hydrogens is 458 g/mol. The molecule has 174 valence electrons. The standard InChI is InChI=1S/C24H28ClN5O2S/c1-5-30-22(16(4)26-23(32)17-10-12-18(25)13-11-17)28-29-24(30)33-14-21(31)27-20-9-7-6-8-19(20)15(2)3/h6-13,15-16H,5,14H2,1-4H3,(H,26,32)(H,27,31)/t16-/m0/s1. The van der Waals surface area contributed by atoms with Gasteiger partial charge in [-0.2, -0.15) is 0 Å². The summed E-state index contributed by atoms with van der Waals surface area (Å²) in [5.41, 5.74) is 2.44. The molecule has 1 atom stereocenters. The Morgan fingerprint density at radius 1 is 1.06 bits per heavy atom. The predicted octanol–water partition coefficient (Wildman–Crippen LogP) is 5.30. The molecule has 3 aromatic rings. The first-order valence-electron chi connectivity index (χ1n) is 10.8. The van der Waals surface area contributed by atoms with E-state index in [1.165, 1.54) is 11.8 Å². The Morgan fingerprint density at radius 3 is 2.42 bits per heavy atom. The number of carbonyl (C=O) groups is 2. The number of hydrogen-bond acceptors (Lipinski definition) is 5.